The van der Waals surface area contributed by atoms with Crippen molar-refractivity contribution in [2.45, 2.75) is 26.4 Å². The van der Waals surface area contributed by atoms with E-state index in [1.165, 1.54) is 10.4 Å². The molecule has 0 bridgehead atoms. The summed E-state index contributed by atoms with van der Waals surface area (Å²) in [6.07, 6.45) is 0. The van der Waals surface area contributed by atoms with Gasteiger partial charge in [-0.05, 0) is 69.5 Å². The van der Waals surface area contributed by atoms with Crippen LogP contribution >= 0.6 is 43.2 Å². The van der Waals surface area contributed by atoms with Crippen LogP contribution in [-0.4, -0.2) is 6.61 Å². The quantitative estimate of drug-likeness (QED) is 0.666. The molecule has 1 atom stereocenters. The molecule has 5 heteroatoms. The van der Waals surface area contributed by atoms with Crippen LogP contribution in [-0.2, 0) is 6.54 Å². The van der Waals surface area contributed by atoms with Gasteiger partial charge in [0.2, 0.25) is 0 Å². The molecule has 2 rings (SSSR count). The van der Waals surface area contributed by atoms with Crippen LogP contribution in [0, 0.1) is 0 Å². The summed E-state index contributed by atoms with van der Waals surface area (Å²) in [7, 11) is 0. The van der Waals surface area contributed by atoms with Crippen molar-refractivity contribution < 1.29 is 4.74 Å². The van der Waals surface area contributed by atoms with E-state index in [-0.39, 0.29) is 0 Å². The summed E-state index contributed by atoms with van der Waals surface area (Å²) in [6.45, 7) is 5.74. The zero-order valence-corrected chi connectivity index (χ0v) is 15.4. The highest BCUT2D eigenvalue weighted by Crippen LogP contribution is 2.32. The Labute approximate surface area is 140 Å². The summed E-state index contributed by atoms with van der Waals surface area (Å²) >= 11 is 8.78. The fraction of sp³-hybridized carbons (Fsp3) is 0.333. The van der Waals surface area contributed by atoms with Crippen molar-refractivity contribution in [3.8, 4) is 5.75 Å². The molecule has 1 unspecified atom stereocenters. The second-order valence-electron chi connectivity index (χ2n) is 4.44. The van der Waals surface area contributed by atoms with Gasteiger partial charge in [-0.3, -0.25) is 0 Å². The Morgan fingerprint density at radius 3 is 2.50 bits per heavy atom. The van der Waals surface area contributed by atoms with Gasteiger partial charge in [0, 0.05) is 21.9 Å². The second kappa shape index (κ2) is 7.59. The Morgan fingerprint density at radius 2 is 1.95 bits per heavy atom. The van der Waals surface area contributed by atoms with Gasteiger partial charge in [0.25, 0.3) is 0 Å². The van der Waals surface area contributed by atoms with Gasteiger partial charge in [-0.1, -0.05) is 12.1 Å². The molecule has 0 aliphatic carbocycles. The lowest BCUT2D eigenvalue weighted by atomic mass is 10.1. The molecule has 1 heterocycles. The summed E-state index contributed by atoms with van der Waals surface area (Å²) in [5.74, 6) is 0.926. The highest BCUT2D eigenvalue weighted by Gasteiger charge is 2.08. The molecular weight excluding hydrogens is 402 g/mol. The van der Waals surface area contributed by atoms with Crippen molar-refractivity contribution in [1.29, 1.82) is 0 Å². The first-order chi connectivity index (χ1) is 9.60. The summed E-state index contributed by atoms with van der Waals surface area (Å²) in [6, 6.07) is 10.7. The fourth-order valence-electron chi connectivity index (χ4n) is 1.87. The molecule has 1 N–H and O–H groups in total. The molecular formula is C15H17Br2NOS. The van der Waals surface area contributed by atoms with Crippen LogP contribution < -0.4 is 10.1 Å². The van der Waals surface area contributed by atoms with Crippen LogP contribution in [0.1, 0.15) is 30.3 Å². The molecule has 0 saturated carbocycles. The Kier molecular flexibility index (Phi) is 6.08. The van der Waals surface area contributed by atoms with Crippen molar-refractivity contribution >= 4 is 43.2 Å². The first-order valence-electron chi connectivity index (χ1n) is 6.50. The van der Waals surface area contributed by atoms with Gasteiger partial charge in [-0.2, -0.15) is 0 Å². The number of hydrogen-bond acceptors (Lipinski definition) is 3. The molecule has 1 aromatic heterocycles. The maximum atomic E-state index is 5.46. The first kappa shape index (κ1) is 16.0. The lowest BCUT2D eigenvalue weighted by Crippen LogP contribution is -2.17. The van der Waals surface area contributed by atoms with Crippen LogP contribution in [0.3, 0.4) is 0 Å². The molecule has 0 aliphatic rings. The van der Waals surface area contributed by atoms with Gasteiger partial charge < -0.3 is 10.1 Å². The normalized spacial score (nSPS) is 12.4. The molecule has 108 valence electrons. The molecule has 0 aliphatic heterocycles. The summed E-state index contributed by atoms with van der Waals surface area (Å²) in [4.78, 5) is 1.31. The zero-order chi connectivity index (χ0) is 14.5. The monoisotopic (exact) mass is 417 g/mol. The van der Waals surface area contributed by atoms with Crippen molar-refractivity contribution in [2.75, 3.05) is 6.61 Å². The highest BCUT2D eigenvalue weighted by molar-refractivity contribution is 9.13. The van der Waals surface area contributed by atoms with Gasteiger partial charge in [0.05, 0.1) is 10.4 Å². The van der Waals surface area contributed by atoms with Crippen LogP contribution in [0.4, 0.5) is 0 Å². The zero-order valence-electron chi connectivity index (χ0n) is 11.5. The van der Waals surface area contributed by atoms with Crippen molar-refractivity contribution in [3.63, 3.8) is 0 Å². The molecule has 20 heavy (non-hydrogen) atoms. The van der Waals surface area contributed by atoms with Gasteiger partial charge in [0.1, 0.15) is 5.75 Å². The van der Waals surface area contributed by atoms with Crippen LogP contribution in [0.25, 0.3) is 0 Å². The van der Waals surface area contributed by atoms with E-state index in [1.54, 1.807) is 11.3 Å². The molecule has 0 spiro atoms. The lowest BCUT2D eigenvalue weighted by molar-refractivity contribution is 0.340. The molecule has 2 aromatic rings. The standard InChI is InChI=1S/C15H17Br2NOS/c1-3-19-12-6-4-11(5-7-12)10(2)18-9-13-8-14(16)15(17)20-13/h4-8,10,18H,3,9H2,1-2H3. The lowest BCUT2D eigenvalue weighted by Gasteiger charge is -2.14. The highest BCUT2D eigenvalue weighted by atomic mass is 79.9. The van der Waals surface area contributed by atoms with E-state index in [0.717, 1.165) is 20.6 Å². The number of rotatable bonds is 6. The number of hydrogen-bond donors (Lipinski definition) is 1. The molecule has 0 fully saturated rings. The Bertz CT molecular complexity index is 534. The predicted octanol–water partition coefficient (Wildman–Crippen LogP) is 5.52. The SMILES string of the molecule is CCOc1ccc(C(C)NCc2cc(Br)c(Br)s2)cc1. The third kappa shape index (κ3) is 4.32. The number of benzene rings is 1. The van der Waals surface area contributed by atoms with Crippen molar-refractivity contribution in [1.82, 2.24) is 5.32 Å². The van der Waals surface area contributed by atoms with Gasteiger partial charge in [-0.25, -0.2) is 0 Å². The average molecular weight is 419 g/mol. The summed E-state index contributed by atoms with van der Waals surface area (Å²) in [5, 5.41) is 3.54. The van der Waals surface area contributed by atoms with Crippen LogP contribution in [0.5, 0.6) is 5.75 Å². The number of halogens is 2. The van der Waals surface area contributed by atoms with Crippen molar-refractivity contribution in [2.24, 2.45) is 0 Å². The minimum atomic E-state index is 0.310. The second-order valence-corrected chi connectivity index (χ2v) is 7.75. The molecule has 0 radical (unpaired) electrons. The first-order valence-corrected chi connectivity index (χ1v) is 8.90. The molecule has 0 amide bonds. The molecule has 0 saturated heterocycles. The van der Waals surface area contributed by atoms with E-state index in [2.05, 4.69) is 62.3 Å². The van der Waals surface area contributed by atoms with Gasteiger partial charge in [-0.15, -0.1) is 11.3 Å². The number of nitrogens with one attached hydrogen (secondary N) is 1. The molecule has 1 aromatic carbocycles. The fourth-order valence-corrected chi connectivity index (χ4v) is 4.00. The maximum Gasteiger partial charge on any atom is 0.119 e. The third-order valence-corrected chi connectivity index (χ3v) is 6.23. The smallest absolute Gasteiger partial charge is 0.119 e. The Morgan fingerprint density at radius 1 is 1.25 bits per heavy atom. The minimum absolute atomic E-state index is 0.310. The van der Waals surface area contributed by atoms with E-state index < -0.39 is 0 Å². The third-order valence-electron chi connectivity index (χ3n) is 2.97. The Balaban J connectivity index is 1.92. The van der Waals surface area contributed by atoms with E-state index in [0.29, 0.717) is 12.6 Å². The van der Waals surface area contributed by atoms with E-state index in [1.807, 2.05) is 19.1 Å². The predicted molar refractivity (Wildman–Crippen MR) is 92.6 cm³/mol. The topological polar surface area (TPSA) is 21.3 Å². The minimum Gasteiger partial charge on any atom is -0.494 e. The van der Waals surface area contributed by atoms with E-state index in [4.69, 9.17) is 4.74 Å². The Hall–Kier alpha value is -0.360. The average Bonchev–Trinajstić information content (AvgIpc) is 2.76. The van der Waals surface area contributed by atoms with Crippen molar-refractivity contribution in [3.05, 3.63) is 49.0 Å². The number of thiophene rings is 1. The summed E-state index contributed by atoms with van der Waals surface area (Å²) in [5.41, 5.74) is 1.27. The van der Waals surface area contributed by atoms with E-state index in [9.17, 15) is 0 Å². The van der Waals surface area contributed by atoms with Crippen LogP contribution in [0.2, 0.25) is 0 Å². The largest absolute Gasteiger partial charge is 0.494 e. The summed E-state index contributed by atoms with van der Waals surface area (Å²) < 4.78 is 7.72. The molecule has 2 nitrogen and oxygen atoms in total. The van der Waals surface area contributed by atoms with E-state index >= 15 is 0 Å². The van der Waals surface area contributed by atoms with Gasteiger partial charge >= 0.3 is 0 Å². The van der Waals surface area contributed by atoms with Gasteiger partial charge in [0.15, 0.2) is 0 Å². The maximum absolute atomic E-state index is 5.46. The number of ether oxygens (including phenoxy) is 1. The van der Waals surface area contributed by atoms with Crippen LogP contribution in [0.15, 0.2) is 38.6 Å².